The van der Waals surface area contributed by atoms with Crippen molar-refractivity contribution in [3.05, 3.63) is 58.7 Å². The van der Waals surface area contributed by atoms with Crippen molar-refractivity contribution in [3.63, 3.8) is 0 Å². The van der Waals surface area contributed by atoms with Gasteiger partial charge in [0.1, 0.15) is 36.9 Å². The molecule has 0 aromatic heterocycles. The summed E-state index contributed by atoms with van der Waals surface area (Å²) in [6.07, 6.45) is 11.4. The maximum Gasteiger partial charge on any atom is 0.316 e. The average Bonchev–Trinajstić information content (AvgIpc) is 3.31. The Balaban J connectivity index is 1.55. The third kappa shape index (κ3) is 6.99. The number of esters is 1. The van der Waals surface area contributed by atoms with E-state index in [-0.39, 0.29) is 30.7 Å². The number of oxime groups is 1. The highest BCUT2D eigenvalue weighted by atomic mass is 16.7. The Morgan fingerprint density at radius 2 is 1.96 bits per heavy atom. The first-order valence-electron chi connectivity index (χ1n) is 16.8. The number of hydrogen-bond acceptors (Lipinski definition) is 9. The van der Waals surface area contributed by atoms with Gasteiger partial charge in [-0.15, -0.1) is 0 Å². The number of hydrogen-bond donors (Lipinski definition) is 2. The highest BCUT2D eigenvalue weighted by Gasteiger charge is 2.60. The van der Waals surface area contributed by atoms with Crippen LogP contribution in [0.4, 0.5) is 0 Å². The van der Waals surface area contributed by atoms with E-state index in [9.17, 15) is 15.0 Å². The van der Waals surface area contributed by atoms with E-state index in [2.05, 4.69) is 64.9 Å². The Hall–Kier alpha value is -2.56. The first-order valence-corrected chi connectivity index (χ1v) is 16.8. The fourth-order valence-corrected chi connectivity index (χ4v) is 7.94. The minimum atomic E-state index is -1.74. The summed E-state index contributed by atoms with van der Waals surface area (Å²) < 4.78 is 26.0. The molecule has 0 aromatic carbocycles. The van der Waals surface area contributed by atoms with E-state index in [1.165, 1.54) is 5.57 Å². The Kier molecular flexibility index (Phi) is 10.5. The van der Waals surface area contributed by atoms with Crippen LogP contribution >= 0.6 is 0 Å². The second-order valence-corrected chi connectivity index (χ2v) is 14.5. The topological polar surface area (TPSA) is 116 Å². The van der Waals surface area contributed by atoms with Crippen molar-refractivity contribution in [2.24, 2.45) is 28.8 Å². The number of ether oxygens (including phenoxy) is 4. The molecule has 3 fully saturated rings. The zero-order valence-corrected chi connectivity index (χ0v) is 28.7. The molecule has 9 nitrogen and oxygen atoms in total. The molecule has 7 unspecified atom stereocenters. The summed E-state index contributed by atoms with van der Waals surface area (Å²) in [6.45, 7) is 14.6. The summed E-state index contributed by atoms with van der Waals surface area (Å²) in [7, 11) is 1.55. The highest BCUT2D eigenvalue weighted by Crippen LogP contribution is 2.47. The minimum absolute atomic E-state index is 0.0340. The highest BCUT2D eigenvalue weighted by molar-refractivity contribution is 5.88. The Morgan fingerprint density at radius 3 is 2.67 bits per heavy atom. The molecule has 10 atom stereocenters. The number of aliphatic hydroxyl groups is 2. The standard InChI is InChI=1S/C37H53NO8/c1-21(2)14-25(6)33-26(7)31(38-42-8)19-36(46-33)18-29-17-28(45-36)13-12-23(4)15-22(3)10-9-11-27-20-43-34-32(39)24(5)16-30(35(40)44-29)37(27,34)41/h9-12,14,16,21-22,26,28-30,32-34,39,41H,13,15,17-20H2,1-8H3/b10-9+,23-12+,25-14+,27-11+,38-31+/t22?,26?,28?,29?,30-,32?,33+,34?,36-,37?/m0/s1. The van der Waals surface area contributed by atoms with Crippen LogP contribution in [0, 0.1) is 23.7 Å². The van der Waals surface area contributed by atoms with Crippen molar-refractivity contribution in [2.45, 2.75) is 122 Å². The van der Waals surface area contributed by atoms with Gasteiger partial charge in [-0.1, -0.05) is 74.9 Å². The maximum absolute atomic E-state index is 14.2. The van der Waals surface area contributed by atoms with Crippen LogP contribution in [0.25, 0.3) is 0 Å². The molecule has 46 heavy (non-hydrogen) atoms. The smallest absolute Gasteiger partial charge is 0.316 e. The number of fused-ring (bicyclic) bond motifs is 2. The molecule has 0 amide bonds. The van der Waals surface area contributed by atoms with Crippen molar-refractivity contribution in [1.29, 1.82) is 0 Å². The van der Waals surface area contributed by atoms with Crippen LogP contribution in [0.5, 0.6) is 0 Å². The largest absolute Gasteiger partial charge is 0.462 e. The molecule has 5 aliphatic rings. The van der Waals surface area contributed by atoms with Crippen LogP contribution in [0.3, 0.4) is 0 Å². The van der Waals surface area contributed by atoms with Gasteiger partial charge in [-0.3, -0.25) is 4.79 Å². The number of rotatable bonds is 3. The summed E-state index contributed by atoms with van der Waals surface area (Å²) in [5.74, 6) is -2.15. The van der Waals surface area contributed by atoms with Gasteiger partial charge in [0.25, 0.3) is 0 Å². The predicted molar refractivity (Wildman–Crippen MR) is 176 cm³/mol. The second kappa shape index (κ2) is 13.9. The van der Waals surface area contributed by atoms with Crippen molar-refractivity contribution in [3.8, 4) is 0 Å². The second-order valence-electron chi connectivity index (χ2n) is 14.5. The molecule has 3 saturated heterocycles. The fourth-order valence-electron chi connectivity index (χ4n) is 7.94. The quantitative estimate of drug-likeness (QED) is 0.229. The van der Waals surface area contributed by atoms with Gasteiger partial charge >= 0.3 is 5.97 Å². The Bertz CT molecular complexity index is 1340. The van der Waals surface area contributed by atoms with Gasteiger partial charge in [0.2, 0.25) is 0 Å². The van der Waals surface area contributed by atoms with E-state index in [1.54, 1.807) is 20.1 Å². The molecule has 4 aliphatic heterocycles. The van der Waals surface area contributed by atoms with Crippen LogP contribution in [0.2, 0.25) is 0 Å². The Labute approximate surface area is 274 Å². The van der Waals surface area contributed by atoms with Gasteiger partial charge < -0.3 is 34.0 Å². The van der Waals surface area contributed by atoms with Crippen molar-refractivity contribution < 1.29 is 38.8 Å². The lowest BCUT2D eigenvalue weighted by Crippen LogP contribution is -2.59. The van der Waals surface area contributed by atoms with Crippen LogP contribution in [0.15, 0.2) is 63.9 Å². The van der Waals surface area contributed by atoms with E-state index >= 15 is 0 Å². The molecule has 2 bridgehead atoms. The summed E-state index contributed by atoms with van der Waals surface area (Å²) in [4.78, 5) is 19.4. The molecular formula is C37H53NO8. The predicted octanol–water partition coefficient (Wildman–Crippen LogP) is 5.73. The van der Waals surface area contributed by atoms with Gasteiger partial charge in [0.05, 0.1) is 24.5 Å². The first-order chi connectivity index (χ1) is 21.8. The molecule has 0 radical (unpaired) electrons. The van der Waals surface area contributed by atoms with Gasteiger partial charge in [-0.2, -0.15) is 0 Å². The van der Waals surface area contributed by atoms with E-state index in [1.807, 2.05) is 12.2 Å². The normalized spacial score (nSPS) is 44.5. The number of allylic oxidation sites excluding steroid dienone is 5. The van der Waals surface area contributed by atoms with Gasteiger partial charge in [-0.05, 0) is 62.2 Å². The van der Waals surface area contributed by atoms with E-state index < -0.39 is 41.6 Å². The molecule has 2 N–H and O–H groups in total. The molecule has 1 aliphatic carbocycles. The van der Waals surface area contributed by atoms with E-state index in [0.29, 0.717) is 42.7 Å². The molecule has 9 heteroatoms. The van der Waals surface area contributed by atoms with Crippen molar-refractivity contribution >= 4 is 11.7 Å². The molecule has 5 rings (SSSR count). The van der Waals surface area contributed by atoms with Crippen LogP contribution in [0.1, 0.15) is 80.6 Å². The first kappa shape index (κ1) is 34.8. The number of nitrogens with zero attached hydrogens (tertiary/aromatic N) is 1. The monoisotopic (exact) mass is 639 g/mol. The number of carbonyl (C=O) groups is 1. The molecule has 0 saturated carbocycles. The molecule has 1 spiro atoms. The summed E-state index contributed by atoms with van der Waals surface area (Å²) in [6, 6.07) is 0. The minimum Gasteiger partial charge on any atom is -0.462 e. The van der Waals surface area contributed by atoms with Crippen molar-refractivity contribution in [1.82, 2.24) is 0 Å². The fraction of sp³-hybridized carbons (Fsp3) is 0.676. The van der Waals surface area contributed by atoms with Gasteiger partial charge in [-0.25, -0.2) is 0 Å². The molecular weight excluding hydrogens is 586 g/mol. The lowest BCUT2D eigenvalue weighted by atomic mass is 9.71. The SMILES string of the molecule is CO/N=C1\C[C@]2(CC3CC(C/C=C(\C)CC(C)/C=C/C=C4\COC5C(O)C(C)=C[C@@H](C(=O)O3)C45O)O2)O[C@H](/C(C)=C/C(C)C)C1C. The van der Waals surface area contributed by atoms with Crippen LogP contribution < -0.4 is 0 Å². The van der Waals surface area contributed by atoms with Gasteiger partial charge in [0.15, 0.2) is 5.79 Å². The zero-order chi connectivity index (χ0) is 33.4. The third-order valence-electron chi connectivity index (χ3n) is 10.1. The third-order valence-corrected chi connectivity index (χ3v) is 10.1. The number of aliphatic hydroxyl groups excluding tert-OH is 1. The van der Waals surface area contributed by atoms with Crippen molar-refractivity contribution in [2.75, 3.05) is 13.7 Å². The summed E-state index contributed by atoms with van der Waals surface area (Å²) in [5.41, 5.74) is 2.54. The lowest BCUT2D eigenvalue weighted by molar-refractivity contribution is -0.313. The lowest BCUT2D eigenvalue weighted by Gasteiger charge is -2.50. The van der Waals surface area contributed by atoms with Crippen LogP contribution in [-0.2, 0) is 28.6 Å². The van der Waals surface area contributed by atoms with Crippen LogP contribution in [-0.4, -0.2) is 77.5 Å². The van der Waals surface area contributed by atoms with E-state index in [4.69, 9.17) is 23.8 Å². The maximum atomic E-state index is 14.2. The summed E-state index contributed by atoms with van der Waals surface area (Å²) >= 11 is 0. The number of carbonyl (C=O) groups excluding carboxylic acids is 1. The Morgan fingerprint density at radius 1 is 1.20 bits per heavy atom. The average molecular weight is 640 g/mol. The summed E-state index contributed by atoms with van der Waals surface area (Å²) in [5, 5.41) is 27.6. The van der Waals surface area contributed by atoms with Gasteiger partial charge in [0, 0.05) is 25.2 Å². The molecule has 254 valence electrons. The van der Waals surface area contributed by atoms with E-state index in [0.717, 1.165) is 17.7 Å². The zero-order valence-electron chi connectivity index (χ0n) is 28.7. The molecule has 0 aromatic rings. The molecule has 4 heterocycles.